The van der Waals surface area contributed by atoms with Crippen LogP contribution in [-0.4, -0.2) is 44.4 Å². The van der Waals surface area contributed by atoms with Gasteiger partial charge in [0.25, 0.3) is 5.91 Å². The van der Waals surface area contributed by atoms with Gasteiger partial charge in [-0.3, -0.25) is 4.79 Å². The summed E-state index contributed by atoms with van der Waals surface area (Å²) in [4.78, 5) is 40.9. The van der Waals surface area contributed by atoms with E-state index in [4.69, 9.17) is 0 Å². The van der Waals surface area contributed by atoms with Crippen LogP contribution in [0.3, 0.4) is 0 Å². The number of rotatable bonds is 2. The van der Waals surface area contributed by atoms with Crippen molar-refractivity contribution < 1.29 is 14.7 Å². The number of nitrogens with zero attached hydrogens (tertiary/aromatic N) is 1. The molecule has 19 heavy (non-hydrogen) atoms. The lowest BCUT2D eigenvalue weighted by molar-refractivity contribution is -0.142. The van der Waals surface area contributed by atoms with E-state index in [1.807, 2.05) is 0 Å². The Hall–Kier alpha value is -2.05. The number of H-pyrrole nitrogens is 2. The van der Waals surface area contributed by atoms with Crippen LogP contribution in [0.2, 0.25) is 0 Å². The summed E-state index contributed by atoms with van der Waals surface area (Å²) in [5.41, 5.74) is -0.342. The molecule has 0 radical (unpaired) electrons. The molecule has 3 rings (SSSR count). The predicted molar refractivity (Wildman–Crippen MR) is 64.7 cm³/mol. The van der Waals surface area contributed by atoms with Gasteiger partial charge in [-0.1, -0.05) is 6.42 Å². The van der Waals surface area contributed by atoms with Crippen LogP contribution in [-0.2, 0) is 4.79 Å². The summed E-state index contributed by atoms with van der Waals surface area (Å²) >= 11 is 0. The first-order valence-corrected chi connectivity index (χ1v) is 6.39. The number of hydrogen-bond donors (Lipinski definition) is 3. The Labute approximate surface area is 108 Å². The number of aliphatic carboxylic acids is 1. The molecule has 1 saturated carbocycles. The molecular formula is C12H15N3O4. The van der Waals surface area contributed by atoms with E-state index in [1.165, 1.54) is 11.1 Å². The second-order valence-electron chi connectivity index (χ2n) is 5.25. The fourth-order valence-corrected chi connectivity index (χ4v) is 3.43. The Morgan fingerprint density at radius 3 is 2.79 bits per heavy atom. The van der Waals surface area contributed by atoms with Crippen molar-refractivity contribution in [3.63, 3.8) is 0 Å². The molecule has 1 aliphatic carbocycles. The Bertz CT molecular complexity index is 576. The highest BCUT2D eigenvalue weighted by Gasteiger charge is 2.49. The highest BCUT2D eigenvalue weighted by molar-refractivity contribution is 5.95. The third-order valence-electron chi connectivity index (χ3n) is 4.23. The molecule has 1 aliphatic heterocycles. The van der Waals surface area contributed by atoms with Crippen LogP contribution in [0.4, 0.5) is 0 Å². The standard InChI is InChI=1S/C12H15N3O4/c16-10(8-4-13-12(19)14-8)15-5-6-2-1-3-7(6)9(15)11(17)18/h4,6-7,9H,1-3,5H2,(H,17,18)(H2,13,14,19). The average molecular weight is 265 g/mol. The first kappa shape index (κ1) is 12.0. The number of aromatic nitrogens is 2. The molecule has 3 unspecified atom stereocenters. The number of nitrogens with one attached hydrogen (secondary N) is 2. The van der Waals surface area contributed by atoms with Crippen molar-refractivity contribution >= 4 is 11.9 Å². The third kappa shape index (κ3) is 1.85. The molecule has 102 valence electrons. The van der Waals surface area contributed by atoms with E-state index in [9.17, 15) is 19.5 Å². The molecule has 7 nitrogen and oxygen atoms in total. The molecule has 1 amide bonds. The van der Waals surface area contributed by atoms with Crippen LogP contribution >= 0.6 is 0 Å². The molecule has 0 spiro atoms. The lowest BCUT2D eigenvalue weighted by atomic mass is 9.94. The fourth-order valence-electron chi connectivity index (χ4n) is 3.43. The lowest BCUT2D eigenvalue weighted by Crippen LogP contribution is -2.43. The summed E-state index contributed by atoms with van der Waals surface area (Å²) in [7, 11) is 0. The Balaban J connectivity index is 1.89. The average Bonchev–Trinajstić information content (AvgIpc) is 3.00. The van der Waals surface area contributed by atoms with Crippen molar-refractivity contribution in [1.82, 2.24) is 14.9 Å². The smallest absolute Gasteiger partial charge is 0.326 e. The number of carbonyl (C=O) groups is 2. The molecule has 1 aromatic rings. The highest BCUT2D eigenvalue weighted by atomic mass is 16.4. The highest BCUT2D eigenvalue weighted by Crippen LogP contribution is 2.42. The molecule has 1 aromatic heterocycles. The van der Waals surface area contributed by atoms with Crippen molar-refractivity contribution in [2.45, 2.75) is 25.3 Å². The summed E-state index contributed by atoms with van der Waals surface area (Å²) < 4.78 is 0. The van der Waals surface area contributed by atoms with Crippen molar-refractivity contribution in [1.29, 1.82) is 0 Å². The summed E-state index contributed by atoms with van der Waals surface area (Å²) in [6.07, 6.45) is 4.15. The molecule has 7 heteroatoms. The topological polar surface area (TPSA) is 106 Å². The monoisotopic (exact) mass is 265 g/mol. The third-order valence-corrected chi connectivity index (χ3v) is 4.23. The predicted octanol–water partition coefficient (Wildman–Crippen LogP) is 0.0283. The van der Waals surface area contributed by atoms with Gasteiger partial charge in [-0.05, 0) is 24.7 Å². The number of carboxylic acids is 1. The van der Waals surface area contributed by atoms with E-state index in [0.29, 0.717) is 6.54 Å². The number of amides is 1. The fraction of sp³-hybridized carbons (Fsp3) is 0.583. The van der Waals surface area contributed by atoms with Crippen molar-refractivity contribution in [2.75, 3.05) is 6.54 Å². The van der Waals surface area contributed by atoms with Gasteiger partial charge in [-0.15, -0.1) is 0 Å². The molecule has 2 heterocycles. The number of hydrogen-bond acceptors (Lipinski definition) is 3. The summed E-state index contributed by atoms with van der Waals surface area (Å²) in [6.45, 7) is 0.466. The van der Waals surface area contributed by atoms with Gasteiger partial charge in [0.2, 0.25) is 0 Å². The molecule has 0 bridgehead atoms. The second-order valence-corrected chi connectivity index (χ2v) is 5.25. The first-order valence-electron chi connectivity index (χ1n) is 6.39. The Morgan fingerprint density at radius 1 is 1.37 bits per heavy atom. The van der Waals surface area contributed by atoms with Gasteiger partial charge in [-0.25, -0.2) is 9.59 Å². The number of carbonyl (C=O) groups excluding carboxylic acids is 1. The maximum atomic E-state index is 12.3. The quantitative estimate of drug-likeness (QED) is 0.701. The van der Waals surface area contributed by atoms with Crippen LogP contribution < -0.4 is 5.69 Å². The zero-order valence-corrected chi connectivity index (χ0v) is 10.3. The van der Waals surface area contributed by atoms with Gasteiger partial charge in [0, 0.05) is 12.7 Å². The van der Waals surface area contributed by atoms with Gasteiger partial charge >= 0.3 is 11.7 Å². The molecule has 3 N–H and O–H groups in total. The van der Waals surface area contributed by atoms with Crippen molar-refractivity contribution in [3.05, 3.63) is 22.4 Å². The van der Waals surface area contributed by atoms with Crippen molar-refractivity contribution in [2.24, 2.45) is 11.8 Å². The zero-order chi connectivity index (χ0) is 13.6. The molecule has 2 fully saturated rings. The van der Waals surface area contributed by atoms with Crippen molar-refractivity contribution in [3.8, 4) is 0 Å². The lowest BCUT2D eigenvalue weighted by Gasteiger charge is -2.23. The summed E-state index contributed by atoms with van der Waals surface area (Å²) in [5, 5.41) is 9.36. The van der Waals surface area contributed by atoms with Crippen LogP contribution in [0.1, 0.15) is 29.8 Å². The maximum absolute atomic E-state index is 12.3. The summed E-state index contributed by atoms with van der Waals surface area (Å²) in [5.74, 6) is -1.05. The minimum atomic E-state index is -0.958. The molecule has 0 aromatic carbocycles. The van der Waals surface area contributed by atoms with E-state index >= 15 is 0 Å². The molecular weight excluding hydrogens is 250 g/mol. The minimum absolute atomic E-state index is 0.0483. The van der Waals surface area contributed by atoms with Gasteiger partial charge in [0.05, 0.1) is 0 Å². The van der Waals surface area contributed by atoms with E-state index in [-0.39, 0.29) is 17.5 Å². The first-order chi connectivity index (χ1) is 9.08. The Morgan fingerprint density at radius 2 is 2.16 bits per heavy atom. The molecule has 1 saturated heterocycles. The van der Waals surface area contributed by atoms with Gasteiger partial charge in [0.1, 0.15) is 11.7 Å². The van der Waals surface area contributed by atoms with Crippen LogP contribution in [0.25, 0.3) is 0 Å². The van der Waals surface area contributed by atoms with E-state index in [0.717, 1.165) is 19.3 Å². The normalized spacial score (nSPS) is 29.5. The maximum Gasteiger partial charge on any atom is 0.326 e. The Kier molecular flexibility index (Phi) is 2.69. The number of aromatic amines is 2. The number of fused-ring (bicyclic) bond motifs is 1. The number of imidazole rings is 1. The zero-order valence-electron chi connectivity index (χ0n) is 10.3. The van der Waals surface area contributed by atoms with Crippen LogP contribution in [0.5, 0.6) is 0 Å². The van der Waals surface area contributed by atoms with E-state index in [1.54, 1.807) is 0 Å². The van der Waals surface area contributed by atoms with Gasteiger partial charge < -0.3 is 20.0 Å². The number of likely N-dealkylation sites (tertiary alicyclic amines) is 1. The van der Waals surface area contributed by atoms with E-state index in [2.05, 4.69) is 9.97 Å². The summed E-state index contributed by atoms with van der Waals surface area (Å²) in [6, 6.07) is -0.765. The van der Waals surface area contributed by atoms with Crippen LogP contribution in [0, 0.1) is 11.8 Å². The van der Waals surface area contributed by atoms with Crippen LogP contribution in [0.15, 0.2) is 11.0 Å². The van der Waals surface area contributed by atoms with E-state index < -0.39 is 23.6 Å². The van der Waals surface area contributed by atoms with Gasteiger partial charge in [-0.2, -0.15) is 0 Å². The molecule has 3 atom stereocenters. The minimum Gasteiger partial charge on any atom is -0.480 e. The number of carboxylic acid groups (broad SMARTS) is 1. The molecule has 2 aliphatic rings. The van der Waals surface area contributed by atoms with Gasteiger partial charge in [0.15, 0.2) is 0 Å². The second kappa shape index (κ2) is 4.25. The SMILES string of the molecule is O=C(O)C1C2CCCC2CN1C(=O)c1c[nH]c(=O)[nH]1. The largest absolute Gasteiger partial charge is 0.480 e.